The molecule has 2 amide bonds. The van der Waals surface area contributed by atoms with E-state index in [9.17, 15) is 14.4 Å². The zero-order chi connectivity index (χ0) is 19.7. The summed E-state index contributed by atoms with van der Waals surface area (Å²) in [5, 5.41) is 3.16. The first kappa shape index (κ1) is 19.6. The van der Waals surface area contributed by atoms with Gasteiger partial charge in [0.15, 0.2) is 6.10 Å². The predicted molar refractivity (Wildman–Crippen MR) is 107 cm³/mol. The van der Waals surface area contributed by atoms with Crippen molar-refractivity contribution in [3.8, 4) is 0 Å². The van der Waals surface area contributed by atoms with E-state index in [1.54, 1.807) is 6.07 Å². The zero-order valence-electron chi connectivity index (χ0n) is 15.5. The minimum Gasteiger partial charge on any atom is -0.448 e. The summed E-state index contributed by atoms with van der Waals surface area (Å²) in [5.41, 5.74) is 7.88. The molecule has 0 unspecified atom stereocenters. The molecule has 0 spiro atoms. The largest absolute Gasteiger partial charge is 0.448 e. The fraction of sp³-hybridized carbons (Fsp3) is 0.421. The number of rotatable bonds is 6. The first-order valence-corrected chi connectivity index (χ1v) is 10.5. The van der Waals surface area contributed by atoms with Gasteiger partial charge in [-0.3, -0.25) is 9.59 Å². The van der Waals surface area contributed by atoms with Gasteiger partial charge in [-0.2, -0.15) is 0 Å². The number of carbonyl (C=O) groups is 3. The number of amides is 2. The second-order valence-corrected chi connectivity index (χ2v) is 8.77. The normalized spacial score (nSPS) is 13.9. The molecule has 1 atom stereocenters. The monoisotopic (exact) mass is 406 g/mol. The molecule has 0 aromatic carbocycles. The predicted octanol–water partition coefficient (Wildman–Crippen LogP) is 3.45. The highest BCUT2D eigenvalue weighted by atomic mass is 32.1. The molecule has 3 N–H and O–H groups in total. The third-order valence-electron chi connectivity index (χ3n) is 4.60. The average molecular weight is 407 g/mol. The standard InChI is InChI=1S/C19H22N2O4S2/c1-4-12-9(2)8-14(26-12)19(24)25-10(3)17(23)21-18-15(16(20)22)11-6-5-7-13(11)27-18/h8,10H,4-7H2,1-3H3,(H2,20,22)(H,21,23)/t10-/m1/s1. The Balaban J connectivity index is 1.69. The van der Waals surface area contributed by atoms with E-state index in [4.69, 9.17) is 10.5 Å². The molecule has 8 heteroatoms. The molecule has 144 valence electrons. The fourth-order valence-electron chi connectivity index (χ4n) is 3.21. The van der Waals surface area contributed by atoms with Crippen LogP contribution >= 0.6 is 22.7 Å². The zero-order valence-corrected chi connectivity index (χ0v) is 17.1. The number of anilines is 1. The van der Waals surface area contributed by atoms with Gasteiger partial charge in [-0.25, -0.2) is 4.79 Å². The van der Waals surface area contributed by atoms with Gasteiger partial charge in [0.05, 0.1) is 5.56 Å². The number of primary amides is 1. The maximum atomic E-state index is 12.5. The Bertz CT molecular complexity index is 913. The van der Waals surface area contributed by atoms with Gasteiger partial charge in [0.1, 0.15) is 9.88 Å². The van der Waals surface area contributed by atoms with E-state index in [2.05, 4.69) is 5.32 Å². The van der Waals surface area contributed by atoms with Crippen molar-refractivity contribution in [1.29, 1.82) is 0 Å². The number of hydrogen-bond acceptors (Lipinski definition) is 6. The van der Waals surface area contributed by atoms with Crippen molar-refractivity contribution in [2.45, 2.75) is 52.6 Å². The van der Waals surface area contributed by atoms with Gasteiger partial charge in [0.2, 0.25) is 0 Å². The van der Waals surface area contributed by atoms with Crippen molar-refractivity contribution >= 4 is 45.5 Å². The maximum Gasteiger partial charge on any atom is 0.349 e. The summed E-state index contributed by atoms with van der Waals surface area (Å²) in [7, 11) is 0. The highest BCUT2D eigenvalue weighted by molar-refractivity contribution is 7.17. The second kappa shape index (κ2) is 7.82. The van der Waals surface area contributed by atoms with Gasteiger partial charge >= 0.3 is 5.97 Å². The Morgan fingerprint density at radius 1 is 1.30 bits per heavy atom. The average Bonchev–Trinajstić information content (AvgIpc) is 3.28. The molecule has 2 heterocycles. The van der Waals surface area contributed by atoms with Crippen molar-refractivity contribution in [3.63, 3.8) is 0 Å². The van der Waals surface area contributed by atoms with E-state index in [1.807, 2.05) is 13.8 Å². The number of fused-ring (bicyclic) bond motifs is 1. The summed E-state index contributed by atoms with van der Waals surface area (Å²) in [6.45, 7) is 5.49. The Labute approximate surface area is 165 Å². The second-order valence-electron chi connectivity index (χ2n) is 6.53. The van der Waals surface area contributed by atoms with Gasteiger partial charge < -0.3 is 15.8 Å². The van der Waals surface area contributed by atoms with Gasteiger partial charge in [-0.15, -0.1) is 22.7 Å². The Hall–Kier alpha value is -2.19. The smallest absolute Gasteiger partial charge is 0.349 e. The molecular formula is C19H22N2O4S2. The van der Waals surface area contributed by atoms with Gasteiger partial charge in [-0.05, 0) is 56.7 Å². The third kappa shape index (κ3) is 3.91. The Morgan fingerprint density at radius 2 is 2.04 bits per heavy atom. The van der Waals surface area contributed by atoms with E-state index in [0.717, 1.165) is 46.6 Å². The summed E-state index contributed by atoms with van der Waals surface area (Å²) < 4.78 is 5.31. The van der Waals surface area contributed by atoms with Gasteiger partial charge in [0, 0.05) is 9.75 Å². The molecule has 0 bridgehead atoms. The van der Waals surface area contributed by atoms with Crippen LogP contribution in [-0.4, -0.2) is 23.9 Å². The van der Waals surface area contributed by atoms with Crippen molar-refractivity contribution in [3.05, 3.63) is 37.4 Å². The summed E-state index contributed by atoms with van der Waals surface area (Å²) in [6.07, 6.45) is 2.53. The lowest BCUT2D eigenvalue weighted by Crippen LogP contribution is -2.30. The molecule has 0 saturated carbocycles. The number of nitrogens with one attached hydrogen (secondary N) is 1. The summed E-state index contributed by atoms with van der Waals surface area (Å²) in [6, 6.07) is 1.78. The topological polar surface area (TPSA) is 98.5 Å². The first-order chi connectivity index (χ1) is 12.8. The molecule has 6 nitrogen and oxygen atoms in total. The van der Waals surface area contributed by atoms with Crippen LogP contribution in [0.3, 0.4) is 0 Å². The van der Waals surface area contributed by atoms with E-state index < -0.39 is 23.9 Å². The van der Waals surface area contributed by atoms with Crippen LogP contribution in [0, 0.1) is 6.92 Å². The van der Waals surface area contributed by atoms with Crippen LogP contribution in [0.2, 0.25) is 0 Å². The number of aryl methyl sites for hydroxylation is 3. The van der Waals surface area contributed by atoms with Crippen molar-refractivity contribution < 1.29 is 19.1 Å². The van der Waals surface area contributed by atoms with Crippen LogP contribution in [0.5, 0.6) is 0 Å². The fourth-order valence-corrected chi connectivity index (χ4v) is 5.50. The number of esters is 1. The lowest BCUT2D eigenvalue weighted by molar-refractivity contribution is -0.123. The molecule has 2 aromatic rings. The molecule has 1 aliphatic rings. The van der Waals surface area contributed by atoms with Crippen LogP contribution in [0.4, 0.5) is 5.00 Å². The van der Waals surface area contributed by atoms with E-state index in [1.165, 1.54) is 29.6 Å². The van der Waals surface area contributed by atoms with E-state index >= 15 is 0 Å². The molecule has 0 saturated heterocycles. The number of carbonyl (C=O) groups excluding carboxylic acids is 3. The highest BCUT2D eigenvalue weighted by Gasteiger charge is 2.28. The quantitative estimate of drug-likeness (QED) is 0.718. The number of hydrogen-bond donors (Lipinski definition) is 2. The summed E-state index contributed by atoms with van der Waals surface area (Å²) in [4.78, 5) is 39.3. The SMILES string of the molecule is CCc1sc(C(=O)O[C@H](C)C(=O)Nc2sc3c(c2C(N)=O)CCC3)cc1C. The summed E-state index contributed by atoms with van der Waals surface area (Å²) in [5.74, 6) is -1.54. The van der Waals surface area contributed by atoms with Crippen LogP contribution in [0.1, 0.15) is 61.2 Å². The number of nitrogens with two attached hydrogens (primary N) is 1. The number of ether oxygens (including phenoxy) is 1. The van der Waals surface area contributed by atoms with Crippen molar-refractivity contribution in [2.75, 3.05) is 5.32 Å². The van der Waals surface area contributed by atoms with Gasteiger partial charge in [0.25, 0.3) is 11.8 Å². The molecule has 1 aliphatic carbocycles. The minimum absolute atomic E-state index is 0.390. The molecule has 27 heavy (non-hydrogen) atoms. The van der Waals surface area contributed by atoms with Gasteiger partial charge in [-0.1, -0.05) is 6.92 Å². The number of thiophene rings is 2. The first-order valence-electron chi connectivity index (χ1n) is 8.87. The van der Waals surface area contributed by atoms with Crippen LogP contribution in [0.15, 0.2) is 6.07 Å². The molecule has 3 rings (SSSR count). The van der Waals surface area contributed by atoms with Crippen LogP contribution in [0.25, 0.3) is 0 Å². The molecule has 0 fully saturated rings. The highest BCUT2D eigenvalue weighted by Crippen LogP contribution is 2.38. The molecule has 2 aromatic heterocycles. The lowest BCUT2D eigenvalue weighted by atomic mass is 10.1. The Kier molecular flexibility index (Phi) is 5.67. The third-order valence-corrected chi connectivity index (χ3v) is 7.17. The molecular weight excluding hydrogens is 384 g/mol. The summed E-state index contributed by atoms with van der Waals surface area (Å²) >= 11 is 2.76. The van der Waals surface area contributed by atoms with Crippen molar-refractivity contribution in [1.82, 2.24) is 0 Å². The lowest BCUT2D eigenvalue weighted by Gasteiger charge is -2.13. The van der Waals surface area contributed by atoms with Crippen molar-refractivity contribution in [2.24, 2.45) is 5.73 Å². The van der Waals surface area contributed by atoms with Crippen LogP contribution in [-0.2, 0) is 28.8 Å². The minimum atomic E-state index is -0.984. The molecule has 0 aliphatic heterocycles. The van der Waals surface area contributed by atoms with E-state index in [0.29, 0.717) is 15.4 Å². The molecule has 0 radical (unpaired) electrons. The maximum absolute atomic E-state index is 12.5. The van der Waals surface area contributed by atoms with Crippen LogP contribution < -0.4 is 11.1 Å². The van der Waals surface area contributed by atoms with E-state index in [-0.39, 0.29) is 0 Å². The Morgan fingerprint density at radius 3 is 2.67 bits per heavy atom.